The maximum absolute atomic E-state index is 10.7. The number of rotatable bonds is 8. The van der Waals surface area contributed by atoms with Gasteiger partial charge >= 0.3 is 26.2 Å². The maximum Gasteiger partial charge on any atom is 4.00 e. The Morgan fingerprint density at radius 1 is 0.623 bits per heavy atom. The SMILES string of the molecule is CN(C)c1ccc(N=Nc2cccc(C(=O)[O-])c2)cc1.CN(C)c1ccc(N=Nc2cccc(C(=O)[O-])c2)cc1.O=[N+](O)O.[NH-]C1CCCCC1[NH-].[Pt+4]. The van der Waals surface area contributed by atoms with Crippen molar-refractivity contribution in [2.24, 2.45) is 20.5 Å². The third-order valence-electron chi connectivity index (χ3n) is 7.22. The summed E-state index contributed by atoms with van der Waals surface area (Å²) in [5.41, 5.74) is 19.3. The van der Waals surface area contributed by atoms with Gasteiger partial charge in [-0.2, -0.15) is 32.5 Å². The Bertz CT molecular complexity index is 1660. The van der Waals surface area contributed by atoms with Crippen molar-refractivity contribution in [2.45, 2.75) is 37.8 Å². The molecule has 1 fully saturated rings. The summed E-state index contributed by atoms with van der Waals surface area (Å²) in [5.74, 6) is -2.45. The van der Waals surface area contributed by atoms with Gasteiger partial charge < -0.3 is 41.1 Å². The van der Waals surface area contributed by atoms with Crippen molar-refractivity contribution in [3.05, 3.63) is 125 Å². The third kappa shape index (κ3) is 18.0. The van der Waals surface area contributed by atoms with E-state index < -0.39 is 17.0 Å². The number of azo groups is 2. The normalized spacial score (nSPS) is 14.5. The Kier molecular flexibility index (Phi) is 20.4. The number of nitrogens with one attached hydrogen (secondary N) is 2. The van der Waals surface area contributed by atoms with Crippen molar-refractivity contribution in [3.8, 4) is 0 Å². The second kappa shape index (κ2) is 23.8. The molecule has 0 spiro atoms. The van der Waals surface area contributed by atoms with Crippen LogP contribution in [-0.2, 0) is 21.1 Å². The van der Waals surface area contributed by atoms with E-state index in [-0.39, 0.29) is 44.3 Å². The first-order valence-corrected chi connectivity index (χ1v) is 15.9. The van der Waals surface area contributed by atoms with E-state index in [9.17, 15) is 19.8 Å². The molecule has 0 saturated heterocycles. The average molecular weight is 908 g/mol. The van der Waals surface area contributed by atoms with Crippen LogP contribution in [0.3, 0.4) is 0 Å². The third-order valence-corrected chi connectivity index (χ3v) is 7.22. The van der Waals surface area contributed by atoms with E-state index in [2.05, 4.69) is 20.5 Å². The first-order valence-electron chi connectivity index (χ1n) is 15.9. The molecule has 1 aliphatic rings. The van der Waals surface area contributed by atoms with E-state index in [0.717, 1.165) is 24.2 Å². The molecule has 2 atom stereocenters. The van der Waals surface area contributed by atoms with E-state index in [1.54, 1.807) is 24.3 Å². The molecule has 0 aliphatic heterocycles. The summed E-state index contributed by atoms with van der Waals surface area (Å²) < 4.78 is 0. The molecule has 0 bridgehead atoms. The minimum absolute atomic E-state index is 0. The molecule has 4 N–H and O–H groups in total. The van der Waals surface area contributed by atoms with Crippen molar-refractivity contribution in [1.29, 1.82) is 0 Å². The molecule has 0 heterocycles. The molecule has 5 rings (SSSR count). The Balaban J connectivity index is 0.000000401. The summed E-state index contributed by atoms with van der Waals surface area (Å²) in [5, 5.41) is 50.2. The van der Waals surface area contributed by atoms with Gasteiger partial charge in [-0.25, -0.2) is 10.4 Å². The number of anilines is 2. The first kappa shape index (κ1) is 45.4. The quantitative estimate of drug-likeness (QED) is 0.136. The largest absolute Gasteiger partial charge is 4.00 e. The van der Waals surface area contributed by atoms with Crippen LogP contribution in [-0.4, -0.2) is 67.7 Å². The number of carboxylic acid groups (broad SMARTS) is 2. The van der Waals surface area contributed by atoms with Crippen molar-refractivity contribution in [1.82, 2.24) is 0 Å². The van der Waals surface area contributed by atoms with Crippen molar-refractivity contribution in [2.75, 3.05) is 38.0 Å². The summed E-state index contributed by atoms with van der Waals surface area (Å²) in [6.07, 6.45) is 4.25. The van der Waals surface area contributed by atoms with Gasteiger partial charge in [0.05, 0.1) is 34.7 Å². The second-order valence-electron chi connectivity index (χ2n) is 11.6. The van der Waals surface area contributed by atoms with Gasteiger partial charge in [0.2, 0.25) is 0 Å². The average Bonchev–Trinajstić information content (AvgIpc) is 3.12. The van der Waals surface area contributed by atoms with Crippen LogP contribution in [0, 0.1) is 4.91 Å². The molecular formula is C36H42N9O7Pt+. The van der Waals surface area contributed by atoms with Crippen LogP contribution in [0.25, 0.3) is 11.5 Å². The number of carbonyl (C=O) groups excluding carboxylic acids is 2. The minimum Gasteiger partial charge on any atom is -0.676 e. The fourth-order valence-electron chi connectivity index (χ4n) is 4.39. The Morgan fingerprint density at radius 3 is 1.19 bits per heavy atom. The Labute approximate surface area is 322 Å². The number of hydrogen-bond acceptors (Lipinski definition) is 11. The molecule has 282 valence electrons. The standard InChI is InChI=1S/2C15H15N3O2.C6H12N2.H2NO3.Pt/c2*1-18(2)14-8-6-12(7-9-14)16-17-13-5-3-4-11(10-13)15(19)20;7-5-3-1-2-4-6(5)8;2-1(3)4;/h2*3-10H,1-2H3,(H,19,20);5-8H,1-4H2;(H2,2,3,4);/q;;-2;+1;+4/p-2. The molecule has 16 nitrogen and oxygen atoms in total. The van der Waals surface area contributed by atoms with E-state index in [0.29, 0.717) is 22.7 Å². The number of carboxylic acids is 2. The summed E-state index contributed by atoms with van der Waals surface area (Å²) >= 11 is 0. The fourth-order valence-corrected chi connectivity index (χ4v) is 4.39. The maximum atomic E-state index is 10.7. The van der Waals surface area contributed by atoms with E-state index >= 15 is 0 Å². The molecule has 4 aromatic carbocycles. The van der Waals surface area contributed by atoms with Crippen LogP contribution < -0.4 is 20.0 Å². The molecule has 1 saturated carbocycles. The van der Waals surface area contributed by atoms with Gasteiger partial charge in [-0.1, -0.05) is 49.9 Å². The van der Waals surface area contributed by atoms with Crippen LogP contribution in [0.2, 0.25) is 0 Å². The molecule has 4 aromatic rings. The van der Waals surface area contributed by atoms with Crippen LogP contribution in [0.4, 0.5) is 34.1 Å². The van der Waals surface area contributed by atoms with Gasteiger partial charge in [-0.05, 0) is 83.9 Å². The molecule has 0 aromatic heterocycles. The van der Waals surface area contributed by atoms with Gasteiger partial charge in [-0.3, -0.25) is 0 Å². The van der Waals surface area contributed by atoms with Crippen LogP contribution in [0.5, 0.6) is 0 Å². The van der Waals surface area contributed by atoms with Crippen LogP contribution in [0.15, 0.2) is 118 Å². The van der Waals surface area contributed by atoms with Gasteiger partial charge in [0.15, 0.2) is 0 Å². The predicted octanol–water partition coefficient (Wildman–Crippen LogP) is 7.01. The van der Waals surface area contributed by atoms with Gasteiger partial charge in [-0.15, -0.1) is 0 Å². The van der Waals surface area contributed by atoms with Crippen molar-refractivity contribution >= 4 is 46.1 Å². The second-order valence-corrected chi connectivity index (χ2v) is 11.6. The zero-order valence-corrected chi connectivity index (χ0v) is 31.9. The number of aromatic carboxylic acids is 2. The number of hydrogen-bond donors (Lipinski definition) is 2. The summed E-state index contributed by atoms with van der Waals surface area (Å²) in [6, 6.07) is 27.3. The van der Waals surface area contributed by atoms with Crippen molar-refractivity contribution in [3.63, 3.8) is 0 Å². The smallest absolute Gasteiger partial charge is 0.676 e. The van der Waals surface area contributed by atoms with Crippen LogP contribution >= 0.6 is 0 Å². The number of nitrogens with zero attached hydrogens (tertiary/aromatic N) is 7. The van der Waals surface area contributed by atoms with Gasteiger partial charge in [0.25, 0.3) is 0 Å². The predicted molar refractivity (Wildman–Crippen MR) is 193 cm³/mol. The minimum atomic E-state index is -1.25. The fraction of sp³-hybridized carbons (Fsp3) is 0.278. The Hall–Kier alpha value is -5.57. The molecule has 2 unspecified atom stereocenters. The molecule has 17 heteroatoms. The summed E-state index contributed by atoms with van der Waals surface area (Å²) in [6.45, 7) is 0. The first-order chi connectivity index (χ1) is 24.7. The van der Waals surface area contributed by atoms with E-state index in [1.165, 1.54) is 37.1 Å². The van der Waals surface area contributed by atoms with E-state index in [1.807, 2.05) is 86.5 Å². The molecule has 0 radical (unpaired) electrons. The monoisotopic (exact) mass is 907 g/mol. The molecule has 0 amide bonds. The van der Waals surface area contributed by atoms with E-state index in [4.69, 9.17) is 26.8 Å². The topological polar surface area (TPSA) is 244 Å². The zero-order valence-electron chi connectivity index (χ0n) is 29.6. The number of benzene rings is 4. The van der Waals surface area contributed by atoms with Gasteiger partial charge in [0.1, 0.15) is 4.91 Å². The Morgan fingerprint density at radius 2 is 0.925 bits per heavy atom. The van der Waals surface area contributed by atoms with Crippen molar-refractivity contribution < 1.29 is 56.4 Å². The molecule has 1 aliphatic carbocycles. The molecule has 53 heavy (non-hydrogen) atoms. The molecular weight excluding hydrogens is 866 g/mol. The zero-order chi connectivity index (χ0) is 38.6. The summed E-state index contributed by atoms with van der Waals surface area (Å²) in [7, 11) is 7.84. The number of carbonyl (C=O) groups is 2. The van der Waals surface area contributed by atoms with Crippen LogP contribution in [0.1, 0.15) is 46.4 Å². The van der Waals surface area contributed by atoms with Gasteiger partial charge in [0, 0.05) is 39.6 Å². The summed E-state index contributed by atoms with van der Waals surface area (Å²) in [4.78, 5) is 33.9.